The molecule has 1 amide bonds. The maximum Gasteiger partial charge on any atom is 0.329 e. The van der Waals surface area contributed by atoms with Gasteiger partial charge in [-0.05, 0) is 31.9 Å². The standard InChI is InChI=1S/C15H29NO3S/c1-8-11(4)13(14(18)19-15(5,6)7)16-12(17)9-20-10(2)3/h10-11,13H,8-9H2,1-7H3,(H,16,17)/t11-,13-/m0/s1. The molecule has 0 fully saturated rings. The molecule has 0 radical (unpaired) electrons. The number of nitrogens with one attached hydrogen (secondary N) is 1. The molecule has 0 saturated carbocycles. The largest absolute Gasteiger partial charge is 0.458 e. The summed E-state index contributed by atoms with van der Waals surface area (Å²) in [6.07, 6.45) is 0.807. The third kappa shape index (κ3) is 8.46. The number of esters is 1. The number of hydrogen-bond acceptors (Lipinski definition) is 4. The Kier molecular flexibility index (Phi) is 8.25. The first-order valence-corrected chi connectivity index (χ1v) is 8.25. The van der Waals surface area contributed by atoms with Gasteiger partial charge in [0.2, 0.25) is 5.91 Å². The summed E-state index contributed by atoms with van der Waals surface area (Å²) in [4.78, 5) is 24.1. The van der Waals surface area contributed by atoms with E-state index < -0.39 is 11.6 Å². The van der Waals surface area contributed by atoms with Gasteiger partial charge in [-0.2, -0.15) is 0 Å². The SMILES string of the molecule is CC[C@H](C)[C@H](NC(=O)CSC(C)C)C(=O)OC(C)(C)C. The van der Waals surface area contributed by atoms with Gasteiger partial charge < -0.3 is 10.1 Å². The van der Waals surface area contributed by atoms with Crippen LogP contribution < -0.4 is 5.32 Å². The molecule has 1 N–H and O–H groups in total. The minimum atomic E-state index is -0.570. The maximum absolute atomic E-state index is 12.2. The van der Waals surface area contributed by atoms with E-state index in [4.69, 9.17) is 4.74 Å². The zero-order chi connectivity index (χ0) is 15.9. The third-order valence-corrected chi connectivity index (χ3v) is 3.83. The monoisotopic (exact) mass is 303 g/mol. The van der Waals surface area contributed by atoms with Gasteiger partial charge in [-0.3, -0.25) is 4.79 Å². The summed E-state index contributed by atoms with van der Waals surface area (Å²) in [6.45, 7) is 13.5. The van der Waals surface area contributed by atoms with Crippen LogP contribution in [0.5, 0.6) is 0 Å². The second kappa shape index (κ2) is 8.55. The van der Waals surface area contributed by atoms with Gasteiger partial charge in [-0.1, -0.05) is 34.1 Å². The van der Waals surface area contributed by atoms with Crippen LogP contribution in [-0.4, -0.2) is 34.5 Å². The predicted molar refractivity (Wildman–Crippen MR) is 84.8 cm³/mol. The van der Waals surface area contributed by atoms with Crippen LogP contribution in [0, 0.1) is 5.92 Å². The second-order valence-corrected chi connectivity index (χ2v) is 7.89. The van der Waals surface area contributed by atoms with Crippen molar-refractivity contribution >= 4 is 23.6 Å². The molecule has 0 aromatic carbocycles. The molecule has 118 valence electrons. The highest BCUT2D eigenvalue weighted by Gasteiger charge is 2.30. The van der Waals surface area contributed by atoms with Crippen molar-refractivity contribution in [2.75, 3.05) is 5.75 Å². The van der Waals surface area contributed by atoms with Gasteiger partial charge in [-0.15, -0.1) is 11.8 Å². The number of amides is 1. The Hall–Kier alpha value is -0.710. The first-order chi connectivity index (χ1) is 9.06. The zero-order valence-corrected chi connectivity index (χ0v) is 14.6. The second-order valence-electron chi connectivity index (χ2n) is 6.32. The molecule has 0 aromatic heterocycles. The van der Waals surface area contributed by atoms with Crippen LogP contribution in [-0.2, 0) is 14.3 Å². The van der Waals surface area contributed by atoms with E-state index in [1.165, 1.54) is 0 Å². The fourth-order valence-corrected chi connectivity index (χ4v) is 2.06. The number of ether oxygens (including phenoxy) is 1. The summed E-state index contributed by atoms with van der Waals surface area (Å²) in [5, 5.41) is 3.20. The number of rotatable bonds is 7. The van der Waals surface area contributed by atoms with Gasteiger partial charge in [0.1, 0.15) is 11.6 Å². The highest BCUT2D eigenvalue weighted by atomic mass is 32.2. The Bertz CT molecular complexity index is 324. The summed E-state index contributed by atoms with van der Waals surface area (Å²) in [5.41, 5.74) is -0.541. The summed E-state index contributed by atoms with van der Waals surface area (Å²) in [7, 11) is 0. The summed E-state index contributed by atoms with van der Waals surface area (Å²) in [5.74, 6) is -0.0413. The number of carbonyl (C=O) groups excluding carboxylic acids is 2. The molecule has 0 spiro atoms. The van der Waals surface area contributed by atoms with Crippen molar-refractivity contribution in [2.45, 2.75) is 71.8 Å². The fourth-order valence-electron chi connectivity index (χ4n) is 1.49. The van der Waals surface area contributed by atoms with Crippen LogP contribution in [0.1, 0.15) is 54.9 Å². The molecular formula is C15H29NO3S. The van der Waals surface area contributed by atoms with Crippen LogP contribution >= 0.6 is 11.8 Å². The molecular weight excluding hydrogens is 274 g/mol. The van der Waals surface area contributed by atoms with Gasteiger partial charge in [0, 0.05) is 0 Å². The minimum Gasteiger partial charge on any atom is -0.458 e. The zero-order valence-electron chi connectivity index (χ0n) is 13.8. The molecule has 0 aliphatic heterocycles. The van der Waals surface area contributed by atoms with Crippen molar-refractivity contribution < 1.29 is 14.3 Å². The molecule has 5 heteroatoms. The van der Waals surface area contributed by atoms with Gasteiger partial charge in [-0.25, -0.2) is 4.79 Å². The molecule has 0 aliphatic rings. The quantitative estimate of drug-likeness (QED) is 0.735. The normalized spacial score (nSPS) is 14.8. The Morgan fingerprint density at radius 3 is 2.15 bits per heavy atom. The average molecular weight is 303 g/mol. The van der Waals surface area contributed by atoms with E-state index in [1.54, 1.807) is 11.8 Å². The smallest absolute Gasteiger partial charge is 0.329 e. The van der Waals surface area contributed by atoms with Gasteiger partial charge >= 0.3 is 5.97 Å². The van der Waals surface area contributed by atoms with Gasteiger partial charge in [0.15, 0.2) is 0 Å². The Morgan fingerprint density at radius 1 is 1.20 bits per heavy atom. The van der Waals surface area contributed by atoms with Gasteiger partial charge in [0.05, 0.1) is 5.75 Å². The Balaban J connectivity index is 4.65. The van der Waals surface area contributed by atoms with E-state index >= 15 is 0 Å². The van der Waals surface area contributed by atoms with E-state index in [2.05, 4.69) is 5.32 Å². The molecule has 0 bridgehead atoms. The van der Waals surface area contributed by atoms with Crippen molar-refractivity contribution in [3.05, 3.63) is 0 Å². The first kappa shape index (κ1) is 19.3. The molecule has 0 heterocycles. The van der Waals surface area contributed by atoms with E-state index in [0.29, 0.717) is 11.0 Å². The van der Waals surface area contributed by atoms with E-state index in [9.17, 15) is 9.59 Å². The molecule has 0 saturated heterocycles. The third-order valence-electron chi connectivity index (χ3n) is 2.74. The summed E-state index contributed by atoms with van der Waals surface area (Å²) >= 11 is 1.56. The van der Waals surface area contributed by atoms with Crippen LogP contribution in [0.3, 0.4) is 0 Å². The molecule has 2 atom stereocenters. The van der Waals surface area contributed by atoms with Crippen molar-refractivity contribution in [1.29, 1.82) is 0 Å². The lowest BCUT2D eigenvalue weighted by Crippen LogP contribution is -2.48. The van der Waals surface area contributed by atoms with E-state index in [-0.39, 0.29) is 17.8 Å². The molecule has 4 nitrogen and oxygen atoms in total. The molecule has 0 rings (SSSR count). The van der Waals surface area contributed by atoms with Crippen LogP contribution in [0.25, 0.3) is 0 Å². The van der Waals surface area contributed by atoms with E-state index in [0.717, 1.165) is 6.42 Å². The topological polar surface area (TPSA) is 55.4 Å². The molecule has 0 aromatic rings. The van der Waals surface area contributed by atoms with Crippen molar-refractivity contribution in [3.8, 4) is 0 Å². The molecule has 20 heavy (non-hydrogen) atoms. The lowest BCUT2D eigenvalue weighted by molar-refractivity contribution is -0.160. The lowest BCUT2D eigenvalue weighted by atomic mass is 9.99. The first-order valence-electron chi connectivity index (χ1n) is 7.20. The van der Waals surface area contributed by atoms with E-state index in [1.807, 2.05) is 48.5 Å². The van der Waals surface area contributed by atoms with Crippen LogP contribution in [0.2, 0.25) is 0 Å². The average Bonchev–Trinajstić information content (AvgIpc) is 2.30. The maximum atomic E-state index is 12.2. The highest BCUT2D eigenvalue weighted by molar-refractivity contribution is 8.00. The fraction of sp³-hybridized carbons (Fsp3) is 0.867. The number of thioether (sulfide) groups is 1. The van der Waals surface area contributed by atoms with Crippen LogP contribution in [0.15, 0.2) is 0 Å². The lowest BCUT2D eigenvalue weighted by Gasteiger charge is -2.27. The molecule has 0 unspecified atom stereocenters. The van der Waals surface area contributed by atoms with Gasteiger partial charge in [0.25, 0.3) is 0 Å². The van der Waals surface area contributed by atoms with Crippen molar-refractivity contribution in [1.82, 2.24) is 5.32 Å². The molecule has 0 aliphatic carbocycles. The number of carbonyl (C=O) groups is 2. The van der Waals surface area contributed by atoms with Crippen molar-refractivity contribution in [3.63, 3.8) is 0 Å². The number of hydrogen-bond donors (Lipinski definition) is 1. The highest BCUT2D eigenvalue weighted by Crippen LogP contribution is 2.15. The summed E-state index contributed by atoms with van der Waals surface area (Å²) < 4.78 is 5.39. The van der Waals surface area contributed by atoms with Crippen molar-refractivity contribution in [2.24, 2.45) is 5.92 Å². The summed E-state index contributed by atoms with van der Waals surface area (Å²) in [6, 6.07) is -0.570. The predicted octanol–water partition coefficient (Wildman–Crippen LogP) is 3.00. The minimum absolute atomic E-state index is 0.0536. The van der Waals surface area contributed by atoms with Crippen LogP contribution in [0.4, 0.5) is 0 Å². The Labute approximate surface area is 127 Å². The Morgan fingerprint density at radius 2 is 1.75 bits per heavy atom.